The molecule has 4 rings (SSSR count). The van der Waals surface area contributed by atoms with Gasteiger partial charge in [0.25, 0.3) is 0 Å². The molecule has 146 valence electrons. The first kappa shape index (κ1) is 19.0. The Morgan fingerprint density at radius 2 is 1.69 bits per heavy atom. The SMILES string of the molecule is O=C(/C=C/c1ccccc1)c1ccc(OCc2ccccc2)cc1OC[C@@H]1CO1. The van der Waals surface area contributed by atoms with Gasteiger partial charge in [0, 0.05) is 6.07 Å². The second kappa shape index (κ2) is 9.22. The van der Waals surface area contributed by atoms with Crippen LogP contribution in [0.15, 0.2) is 84.9 Å². The van der Waals surface area contributed by atoms with E-state index in [4.69, 9.17) is 14.2 Å². The predicted octanol–water partition coefficient (Wildman–Crippen LogP) is 4.94. The zero-order chi connectivity index (χ0) is 19.9. The lowest BCUT2D eigenvalue weighted by Crippen LogP contribution is -2.08. The van der Waals surface area contributed by atoms with Crippen molar-refractivity contribution in [3.05, 3.63) is 102 Å². The van der Waals surface area contributed by atoms with Crippen LogP contribution in [0.25, 0.3) is 6.08 Å². The molecule has 0 spiro atoms. The van der Waals surface area contributed by atoms with Crippen LogP contribution < -0.4 is 9.47 Å². The van der Waals surface area contributed by atoms with Gasteiger partial charge in [-0.05, 0) is 29.3 Å². The van der Waals surface area contributed by atoms with E-state index in [1.54, 1.807) is 30.4 Å². The fourth-order valence-electron chi connectivity index (χ4n) is 2.83. The van der Waals surface area contributed by atoms with E-state index in [0.717, 1.165) is 11.1 Å². The maximum atomic E-state index is 12.8. The minimum absolute atomic E-state index is 0.103. The van der Waals surface area contributed by atoms with Crippen LogP contribution >= 0.6 is 0 Å². The number of carbonyl (C=O) groups is 1. The maximum Gasteiger partial charge on any atom is 0.189 e. The molecule has 1 aliphatic rings. The van der Waals surface area contributed by atoms with Crippen molar-refractivity contribution in [2.24, 2.45) is 0 Å². The van der Waals surface area contributed by atoms with E-state index in [-0.39, 0.29) is 11.9 Å². The number of epoxide rings is 1. The third-order valence-corrected chi connectivity index (χ3v) is 4.52. The summed E-state index contributed by atoms with van der Waals surface area (Å²) < 4.78 is 17.0. The molecule has 0 bridgehead atoms. The Kier molecular flexibility index (Phi) is 6.03. The molecule has 0 radical (unpaired) electrons. The van der Waals surface area contributed by atoms with Crippen molar-refractivity contribution in [1.29, 1.82) is 0 Å². The lowest BCUT2D eigenvalue weighted by molar-refractivity contribution is 0.104. The van der Waals surface area contributed by atoms with Crippen LogP contribution in [0.1, 0.15) is 21.5 Å². The van der Waals surface area contributed by atoms with E-state index in [1.165, 1.54) is 0 Å². The number of hydrogen-bond acceptors (Lipinski definition) is 4. The summed E-state index contributed by atoms with van der Waals surface area (Å²) in [6, 6.07) is 25.0. The Hall–Kier alpha value is -3.37. The number of allylic oxidation sites excluding steroid dienone is 1. The molecule has 0 N–H and O–H groups in total. The maximum absolute atomic E-state index is 12.8. The summed E-state index contributed by atoms with van der Waals surface area (Å²) in [5, 5.41) is 0. The van der Waals surface area contributed by atoms with Crippen LogP contribution in [-0.4, -0.2) is 25.1 Å². The van der Waals surface area contributed by atoms with Crippen molar-refractivity contribution in [1.82, 2.24) is 0 Å². The fourth-order valence-corrected chi connectivity index (χ4v) is 2.83. The lowest BCUT2D eigenvalue weighted by Gasteiger charge is -2.12. The van der Waals surface area contributed by atoms with Crippen LogP contribution in [0, 0.1) is 0 Å². The fraction of sp³-hybridized carbons (Fsp3) is 0.160. The van der Waals surface area contributed by atoms with Gasteiger partial charge < -0.3 is 14.2 Å². The van der Waals surface area contributed by atoms with Crippen molar-refractivity contribution < 1.29 is 19.0 Å². The first-order valence-corrected chi connectivity index (χ1v) is 9.60. The van der Waals surface area contributed by atoms with Gasteiger partial charge in [-0.1, -0.05) is 66.7 Å². The molecule has 0 unspecified atom stereocenters. The van der Waals surface area contributed by atoms with Crippen LogP contribution in [0.2, 0.25) is 0 Å². The van der Waals surface area contributed by atoms with Gasteiger partial charge in [0.1, 0.15) is 30.8 Å². The van der Waals surface area contributed by atoms with E-state index in [9.17, 15) is 4.79 Å². The third-order valence-electron chi connectivity index (χ3n) is 4.52. The molecular weight excluding hydrogens is 364 g/mol. The van der Waals surface area contributed by atoms with Gasteiger partial charge in [0.15, 0.2) is 5.78 Å². The molecule has 1 fully saturated rings. The van der Waals surface area contributed by atoms with Gasteiger partial charge in [-0.15, -0.1) is 0 Å². The van der Waals surface area contributed by atoms with Crippen LogP contribution in [0.5, 0.6) is 11.5 Å². The highest BCUT2D eigenvalue weighted by molar-refractivity contribution is 6.08. The summed E-state index contributed by atoms with van der Waals surface area (Å²) in [5.41, 5.74) is 2.55. The number of hydrogen-bond donors (Lipinski definition) is 0. The molecule has 0 saturated carbocycles. The lowest BCUT2D eigenvalue weighted by atomic mass is 10.1. The van der Waals surface area contributed by atoms with Crippen molar-refractivity contribution in [3.63, 3.8) is 0 Å². The second-order valence-corrected chi connectivity index (χ2v) is 6.81. The van der Waals surface area contributed by atoms with Crippen molar-refractivity contribution in [2.45, 2.75) is 12.7 Å². The van der Waals surface area contributed by atoms with Gasteiger partial charge in [-0.3, -0.25) is 4.79 Å². The highest BCUT2D eigenvalue weighted by Crippen LogP contribution is 2.28. The molecule has 3 aromatic rings. The Labute approximate surface area is 170 Å². The molecule has 0 aromatic heterocycles. The molecule has 1 aliphatic heterocycles. The van der Waals surface area contributed by atoms with Gasteiger partial charge in [0.05, 0.1) is 12.2 Å². The van der Waals surface area contributed by atoms with Gasteiger partial charge >= 0.3 is 0 Å². The predicted molar refractivity (Wildman–Crippen MR) is 112 cm³/mol. The molecule has 29 heavy (non-hydrogen) atoms. The summed E-state index contributed by atoms with van der Waals surface area (Å²) in [4.78, 5) is 12.8. The van der Waals surface area contributed by atoms with E-state index >= 15 is 0 Å². The number of ether oxygens (including phenoxy) is 3. The van der Waals surface area contributed by atoms with Crippen LogP contribution in [0.4, 0.5) is 0 Å². The first-order valence-electron chi connectivity index (χ1n) is 9.60. The molecule has 4 heteroatoms. The topological polar surface area (TPSA) is 48.1 Å². The Bertz CT molecular complexity index is 976. The zero-order valence-corrected chi connectivity index (χ0v) is 16.0. The van der Waals surface area contributed by atoms with Gasteiger partial charge in [-0.25, -0.2) is 0 Å². The number of ketones is 1. The number of rotatable bonds is 9. The Morgan fingerprint density at radius 1 is 0.966 bits per heavy atom. The summed E-state index contributed by atoms with van der Waals surface area (Å²) in [7, 11) is 0. The molecule has 0 aliphatic carbocycles. The van der Waals surface area contributed by atoms with Gasteiger partial charge in [-0.2, -0.15) is 0 Å². The summed E-state index contributed by atoms with van der Waals surface area (Å²) in [6.07, 6.45) is 3.47. The molecular formula is C25H22O4. The monoisotopic (exact) mass is 386 g/mol. The third kappa shape index (κ3) is 5.56. The largest absolute Gasteiger partial charge is 0.490 e. The average molecular weight is 386 g/mol. The summed E-state index contributed by atoms with van der Waals surface area (Å²) >= 11 is 0. The average Bonchev–Trinajstić information content (AvgIpc) is 3.61. The highest BCUT2D eigenvalue weighted by Gasteiger charge is 2.24. The van der Waals surface area contributed by atoms with E-state index in [2.05, 4.69) is 0 Å². The zero-order valence-electron chi connectivity index (χ0n) is 16.0. The molecule has 4 nitrogen and oxygen atoms in total. The minimum atomic E-state index is -0.116. The second-order valence-electron chi connectivity index (χ2n) is 6.81. The normalized spacial score (nSPS) is 15.2. The van der Waals surface area contributed by atoms with E-state index in [0.29, 0.717) is 36.9 Å². The number of benzene rings is 3. The Morgan fingerprint density at radius 3 is 2.41 bits per heavy atom. The van der Waals surface area contributed by atoms with E-state index in [1.807, 2.05) is 60.7 Å². The quantitative estimate of drug-likeness (QED) is 0.297. The summed E-state index contributed by atoms with van der Waals surface area (Å²) in [6.45, 7) is 1.57. The van der Waals surface area contributed by atoms with Crippen LogP contribution in [-0.2, 0) is 11.3 Å². The van der Waals surface area contributed by atoms with Crippen LogP contribution in [0.3, 0.4) is 0 Å². The van der Waals surface area contributed by atoms with E-state index < -0.39 is 0 Å². The van der Waals surface area contributed by atoms with Crippen molar-refractivity contribution >= 4 is 11.9 Å². The number of carbonyl (C=O) groups excluding carboxylic acids is 1. The van der Waals surface area contributed by atoms with Crippen molar-refractivity contribution in [3.8, 4) is 11.5 Å². The first-order chi connectivity index (χ1) is 14.3. The molecule has 1 saturated heterocycles. The summed E-state index contributed by atoms with van der Waals surface area (Å²) in [5.74, 6) is 1.05. The van der Waals surface area contributed by atoms with Crippen molar-refractivity contribution in [2.75, 3.05) is 13.2 Å². The molecule has 3 aromatic carbocycles. The standard InChI is InChI=1S/C25H22O4/c26-24(14-11-19-7-3-1-4-8-19)23-13-12-21(15-25(23)29-18-22-17-28-22)27-16-20-9-5-2-6-10-20/h1-15,22H,16-18H2/b14-11+/t22-/m0/s1. The molecule has 1 atom stereocenters. The smallest absolute Gasteiger partial charge is 0.189 e. The Balaban J connectivity index is 1.50. The molecule has 0 amide bonds. The van der Waals surface area contributed by atoms with Gasteiger partial charge in [0.2, 0.25) is 0 Å². The highest BCUT2D eigenvalue weighted by atomic mass is 16.6. The minimum Gasteiger partial charge on any atom is -0.490 e. The molecule has 1 heterocycles.